The zero-order chi connectivity index (χ0) is 19.9. The minimum Gasteiger partial charge on any atom is -0.497 e. The SMILES string of the molecule is COC(=O)c1ccc(OC)cc1.COc1ccc(C(=O)NN)cc1.NN. The summed E-state index contributed by atoms with van der Waals surface area (Å²) in [4.78, 5) is 21.9. The Kier molecular flexibility index (Phi) is 11.6. The summed E-state index contributed by atoms with van der Waals surface area (Å²) in [5, 5.41) is 0. The molecule has 142 valence electrons. The summed E-state index contributed by atoms with van der Waals surface area (Å²) in [7, 11) is 4.50. The maximum absolute atomic E-state index is 11.0. The summed E-state index contributed by atoms with van der Waals surface area (Å²) in [5.41, 5.74) is 3.08. The lowest BCUT2D eigenvalue weighted by Gasteiger charge is -2.01. The molecule has 0 unspecified atom stereocenters. The van der Waals surface area contributed by atoms with Crippen LogP contribution in [-0.4, -0.2) is 33.2 Å². The molecule has 0 heterocycles. The molecule has 0 atom stereocenters. The van der Waals surface area contributed by atoms with E-state index >= 15 is 0 Å². The average molecular weight is 364 g/mol. The van der Waals surface area contributed by atoms with E-state index in [-0.39, 0.29) is 11.9 Å². The van der Waals surface area contributed by atoms with E-state index in [2.05, 4.69) is 16.4 Å². The predicted octanol–water partition coefficient (Wildman–Crippen LogP) is 0.599. The zero-order valence-electron chi connectivity index (χ0n) is 14.9. The van der Waals surface area contributed by atoms with Gasteiger partial charge in [-0.2, -0.15) is 0 Å². The van der Waals surface area contributed by atoms with E-state index in [4.69, 9.17) is 15.3 Å². The first-order valence-corrected chi connectivity index (χ1v) is 7.26. The van der Waals surface area contributed by atoms with Crippen LogP contribution in [0, 0.1) is 0 Å². The molecule has 0 saturated heterocycles. The molecule has 0 saturated carbocycles. The number of nitrogens with two attached hydrogens (primary N) is 3. The van der Waals surface area contributed by atoms with E-state index in [1.807, 2.05) is 5.43 Å². The molecule has 0 aliphatic heterocycles. The van der Waals surface area contributed by atoms with Gasteiger partial charge < -0.3 is 14.2 Å². The fourth-order valence-electron chi connectivity index (χ4n) is 1.67. The molecule has 0 aromatic heterocycles. The molecule has 0 aliphatic rings. The van der Waals surface area contributed by atoms with Gasteiger partial charge in [-0.1, -0.05) is 0 Å². The molecule has 0 aliphatic carbocycles. The number of carbonyl (C=O) groups excluding carboxylic acids is 2. The van der Waals surface area contributed by atoms with Crippen molar-refractivity contribution in [3.8, 4) is 11.5 Å². The van der Waals surface area contributed by atoms with Gasteiger partial charge in [0.2, 0.25) is 0 Å². The highest BCUT2D eigenvalue weighted by atomic mass is 16.5. The summed E-state index contributed by atoms with van der Waals surface area (Å²) in [6.45, 7) is 0. The number of hydrogen-bond donors (Lipinski definition) is 4. The molecule has 7 N–H and O–H groups in total. The molecule has 9 nitrogen and oxygen atoms in total. The molecule has 0 radical (unpaired) electrons. The third kappa shape index (κ3) is 7.62. The van der Waals surface area contributed by atoms with E-state index in [1.165, 1.54) is 7.11 Å². The molecule has 2 aromatic carbocycles. The van der Waals surface area contributed by atoms with E-state index in [9.17, 15) is 9.59 Å². The van der Waals surface area contributed by atoms with E-state index in [0.717, 1.165) is 5.75 Å². The molecule has 9 heteroatoms. The van der Waals surface area contributed by atoms with Gasteiger partial charge in [-0.05, 0) is 48.5 Å². The van der Waals surface area contributed by atoms with Crippen LogP contribution in [-0.2, 0) is 4.74 Å². The highest BCUT2D eigenvalue weighted by molar-refractivity contribution is 5.93. The lowest BCUT2D eigenvalue weighted by molar-refractivity contribution is 0.0600. The van der Waals surface area contributed by atoms with Crippen molar-refractivity contribution >= 4 is 11.9 Å². The van der Waals surface area contributed by atoms with Gasteiger partial charge in [-0.15, -0.1) is 0 Å². The van der Waals surface area contributed by atoms with Gasteiger partial charge in [-0.3, -0.25) is 21.9 Å². The number of hydrogen-bond acceptors (Lipinski definition) is 8. The van der Waals surface area contributed by atoms with Crippen LogP contribution in [0.2, 0.25) is 0 Å². The van der Waals surface area contributed by atoms with Crippen LogP contribution in [0.15, 0.2) is 48.5 Å². The van der Waals surface area contributed by atoms with Crippen LogP contribution in [0.4, 0.5) is 0 Å². The smallest absolute Gasteiger partial charge is 0.337 e. The van der Waals surface area contributed by atoms with E-state index < -0.39 is 0 Å². The Morgan fingerprint density at radius 2 is 1.15 bits per heavy atom. The number of carbonyl (C=O) groups is 2. The number of esters is 1. The maximum Gasteiger partial charge on any atom is 0.337 e. The van der Waals surface area contributed by atoms with Crippen molar-refractivity contribution in [2.45, 2.75) is 0 Å². The molecular formula is C17H24N4O5. The first-order chi connectivity index (χ1) is 12.5. The predicted molar refractivity (Wildman–Crippen MR) is 97.4 cm³/mol. The fraction of sp³-hybridized carbons (Fsp3) is 0.176. The Balaban J connectivity index is 0.000000439. The lowest BCUT2D eigenvalue weighted by Crippen LogP contribution is -2.29. The highest BCUT2D eigenvalue weighted by Gasteiger charge is 2.03. The molecule has 2 rings (SSSR count). The number of methoxy groups -OCH3 is 3. The van der Waals surface area contributed by atoms with Crippen LogP contribution in [0.3, 0.4) is 0 Å². The van der Waals surface area contributed by atoms with Crippen molar-refractivity contribution in [3.63, 3.8) is 0 Å². The standard InChI is InChI=1S/C9H10O3.C8H10N2O2.H4N2/c1-11-8-5-3-7(4-6-8)9(10)12-2;1-12-7-4-2-6(3-5-7)8(11)10-9;1-2/h3-6H,1-2H3;2-5H,9H2,1H3,(H,10,11);1-2H2. The molecule has 26 heavy (non-hydrogen) atoms. The van der Waals surface area contributed by atoms with Crippen LogP contribution in [0.5, 0.6) is 11.5 Å². The molecular weight excluding hydrogens is 340 g/mol. The topological polar surface area (TPSA) is 152 Å². The van der Waals surface area contributed by atoms with Crippen molar-refractivity contribution in [2.75, 3.05) is 21.3 Å². The Morgan fingerprint density at radius 1 is 0.769 bits per heavy atom. The highest BCUT2D eigenvalue weighted by Crippen LogP contribution is 2.12. The van der Waals surface area contributed by atoms with Gasteiger partial charge in [0, 0.05) is 5.56 Å². The Labute approximate surface area is 151 Å². The largest absolute Gasteiger partial charge is 0.497 e. The van der Waals surface area contributed by atoms with Gasteiger partial charge in [0.05, 0.1) is 26.9 Å². The molecule has 0 spiro atoms. The molecule has 1 amide bonds. The third-order valence-electron chi connectivity index (χ3n) is 2.99. The Hall–Kier alpha value is -3.14. The van der Waals surface area contributed by atoms with Gasteiger partial charge >= 0.3 is 5.97 Å². The first-order valence-electron chi connectivity index (χ1n) is 7.26. The van der Waals surface area contributed by atoms with Crippen molar-refractivity contribution in [3.05, 3.63) is 59.7 Å². The summed E-state index contributed by atoms with van der Waals surface area (Å²) < 4.78 is 14.4. The Morgan fingerprint density at radius 3 is 1.46 bits per heavy atom. The minimum atomic E-state index is -0.336. The monoisotopic (exact) mass is 364 g/mol. The van der Waals surface area contributed by atoms with Crippen LogP contribution >= 0.6 is 0 Å². The summed E-state index contributed by atoms with van der Waals surface area (Å²) in [6.07, 6.45) is 0. The second kappa shape index (κ2) is 13.2. The number of ether oxygens (including phenoxy) is 3. The van der Waals surface area contributed by atoms with Crippen LogP contribution < -0.4 is 32.4 Å². The average Bonchev–Trinajstić information content (AvgIpc) is 2.74. The van der Waals surface area contributed by atoms with E-state index in [0.29, 0.717) is 16.9 Å². The zero-order valence-corrected chi connectivity index (χ0v) is 14.9. The maximum atomic E-state index is 11.0. The molecule has 0 fully saturated rings. The van der Waals surface area contributed by atoms with Crippen LogP contribution in [0.25, 0.3) is 0 Å². The number of hydrazine groups is 2. The van der Waals surface area contributed by atoms with Gasteiger partial charge in [0.15, 0.2) is 0 Å². The van der Waals surface area contributed by atoms with Gasteiger partial charge in [0.1, 0.15) is 11.5 Å². The number of benzene rings is 2. The van der Waals surface area contributed by atoms with Crippen molar-refractivity contribution in [1.82, 2.24) is 5.43 Å². The summed E-state index contributed by atoms with van der Waals surface area (Å²) in [5.74, 6) is 13.7. The minimum absolute atomic E-state index is 0.308. The summed E-state index contributed by atoms with van der Waals surface area (Å²) >= 11 is 0. The molecule has 2 aromatic rings. The van der Waals surface area contributed by atoms with Crippen molar-refractivity contribution in [2.24, 2.45) is 17.5 Å². The molecule has 0 bridgehead atoms. The number of nitrogens with one attached hydrogen (secondary N) is 1. The summed E-state index contributed by atoms with van der Waals surface area (Å²) in [6, 6.07) is 13.4. The first kappa shape index (κ1) is 22.9. The number of amides is 1. The van der Waals surface area contributed by atoms with Gasteiger partial charge in [0.25, 0.3) is 5.91 Å². The second-order valence-electron chi connectivity index (χ2n) is 4.42. The van der Waals surface area contributed by atoms with Crippen LogP contribution in [0.1, 0.15) is 20.7 Å². The van der Waals surface area contributed by atoms with Crippen molar-refractivity contribution in [1.29, 1.82) is 0 Å². The quantitative estimate of drug-likeness (QED) is 0.266. The third-order valence-corrected chi connectivity index (χ3v) is 2.99. The fourth-order valence-corrected chi connectivity index (χ4v) is 1.67. The lowest BCUT2D eigenvalue weighted by atomic mass is 10.2. The van der Waals surface area contributed by atoms with Gasteiger partial charge in [-0.25, -0.2) is 10.6 Å². The Bertz CT molecular complexity index is 600. The van der Waals surface area contributed by atoms with Crippen molar-refractivity contribution < 1.29 is 23.8 Å². The number of rotatable bonds is 4. The van der Waals surface area contributed by atoms with E-state index in [1.54, 1.807) is 62.8 Å². The second-order valence-corrected chi connectivity index (χ2v) is 4.42. The number of nitrogen functional groups attached to an aromatic ring is 1. The normalized spacial score (nSPS) is 8.69.